The summed E-state index contributed by atoms with van der Waals surface area (Å²) < 4.78 is 12.3. The summed E-state index contributed by atoms with van der Waals surface area (Å²) >= 11 is 0. The molecular formula is C16H32O3Si. The second kappa shape index (κ2) is 4.31. The Kier molecular flexibility index (Phi) is 3.55. The molecule has 1 heterocycles. The summed E-state index contributed by atoms with van der Waals surface area (Å²) in [6.07, 6.45) is 1.79. The van der Waals surface area contributed by atoms with E-state index in [1.807, 2.05) is 6.92 Å². The van der Waals surface area contributed by atoms with Gasteiger partial charge in [0.1, 0.15) is 5.60 Å². The molecular weight excluding hydrogens is 268 g/mol. The second-order valence-electron chi connectivity index (χ2n) is 9.18. The van der Waals surface area contributed by atoms with Crippen molar-refractivity contribution in [2.45, 2.75) is 89.8 Å². The van der Waals surface area contributed by atoms with Crippen LogP contribution in [0.5, 0.6) is 0 Å². The molecule has 1 aliphatic carbocycles. The van der Waals surface area contributed by atoms with E-state index in [1.54, 1.807) is 0 Å². The number of hydrogen-bond acceptors (Lipinski definition) is 3. The molecule has 1 N–H and O–H groups in total. The second-order valence-corrected chi connectivity index (χ2v) is 13.9. The number of ether oxygens (including phenoxy) is 1. The Balaban J connectivity index is 2.17. The minimum Gasteiger partial charge on any atom is -0.414 e. The Hall–Kier alpha value is 0.0969. The third kappa shape index (κ3) is 2.38. The zero-order valence-corrected chi connectivity index (χ0v) is 15.5. The van der Waals surface area contributed by atoms with Crippen LogP contribution in [0.2, 0.25) is 18.1 Å². The van der Waals surface area contributed by atoms with Crippen LogP contribution in [0, 0.1) is 5.41 Å². The molecule has 0 aromatic rings. The maximum absolute atomic E-state index is 10.9. The zero-order valence-electron chi connectivity index (χ0n) is 14.5. The lowest BCUT2D eigenvalue weighted by Crippen LogP contribution is -2.60. The first kappa shape index (κ1) is 16.5. The lowest BCUT2D eigenvalue weighted by molar-refractivity contribution is -0.140. The molecule has 3 atom stereocenters. The van der Waals surface area contributed by atoms with Crippen molar-refractivity contribution in [3.8, 4) is 0 Å². The quantitative estimate of drug-likeness (QED) is 0.624. The van der Waals surface area contributed by atoms with Gasteiger partial charge in [-0.3, -0.25) is 0 Å². The summed E-state index contributed by atoms with van der Waals surface area (Å²) in [6, 6.07) is 0. The molecule has 2 aliphatic rings. The van der Waals surface area contributed by atoms with Crippen LogP contribution in [0.3, 0.4) is 0 Å². The van der Waals surface area contributed by atoms with Gasteiger partial charge in [-0.05, 0) is 31.5 Å². The van der Waals surface area contributed by atoms with Crippen molar-refractivity contribution < 1.29 is 14.3 Å². The lowest BCUT2D eigenvalue weighted by atomic mass is 9.61. The molecule has 0 unspecified atom stereocenters. The van der Waals surface area contributed by atoms with Gasteiger partial charge in [-0.1, -0.05) is 34.6 Å². The molecule has 20 heavy (non-hydrogen) atoms. The average Bonchev–Trinajstić information content (AvgIpc) is 2.90. The van der Waals surface area contributed by atoms with Crippen molar-refractivity contribution in [1.82, 2.24) is 0 Å². The number of hydrogen-bond donors (Lipinski definition) is 1. The predicted molar refractivity (Wildman–Crippen MR) is 84.4 cm³/mol. The fraction of sp³-hybridized carbons (Fsp3) is 1.00. The molecule has 1 spiro atoms. The van der Waals surface area contributed by atoms with Crippen molar-refractivity contribution in [1.29, 1.82) is 0 Å². The van der Waals surface area contributed by atoms with E-state index in [1.165, 1.54) is 0 Å². The number of epoxide rings is 1. The van der Waals surface area contributed by atoms with Crippen molar-refractivity contribution in [3.05, 3.63) is 0 Å². The first-order chi connectivity index (χ1) is 8.74. The van der Waals surface area contributed by atoms with Gasteiger partial charge in [0.05, 0.1) is 12.2 Å². The Morgan fingerprint density at radius 3 is 2.00 bits per heavy atom. The molecule has 4 heteroatoms. The van der Waals surface area contributed by atoms with Gasteiger partial charge in [-0.15, -0.1) is 0 Å². The van der Waals surface area contributed by atoms with Crippen molar-refractivity contribution in [2.75, 3.05) is 6.61 Å². The number of aliphatic hydroxyl groups is 1. The van der Waals surface area contributed by atoms with Crippen LogP contribution in [0.15, 0.2) is 0 Å². The van der Waals surface area contributed by atoms with Gasteiger partial charge in [0.25, 0.3) is 0 Å². The molecule has 0 bridgehead atoms. The predicted octanol–water partition coefficient (Wildman–Crippen LogP) is 3.72. The third-order valence-corrected chi connectivity index (χ3v) is 10.6. The molecule has 0 amide bonds. The summed E-state index contributed by atoms with van der Waals surface area (Å²) in [4.78, 5) is 0. The fourth-order valence-corrected chi connectivity index (χ4v) is 4.95. The summed E-state index contributed by atoms with van der Waals surface area (Å²) in [7, 11) is -1.80. The van der Waals surface area contributed by atoms with Gasteiger partial charge in [0.2, 0.25) is 0 Å². The van der Waals surface area contributed by atoms with Crippen LogP contribution in [0.4, 0.5) is 0 Å². The smallest absolute Gasteiger partial charge is 0.192 e. The lowest BCUT2D eigenvalue weighted by Gasteiger charge is -2.51. The van der Waals surface area contributed by atoms with Crippen LogP contribution in [-0.2, 0) is 9.16 Å². The van der Waals surface area contributed by atoms with Crippen molar-refractivity contribution in [2.24, 2.45) is 5.41 Å². The van der Waals surface area contributed by atoms with E-state index in [-0.39, 0.29) is 22.2 Å². The van der Waals surface area contributed by atoms with Gasteiger partial charge in [0, 0.05) is 17.9 Å². The fourth-order valence-electron chi connectivity index (χ4n) is 3.59. The van der Waals surface area contributed by atoms with E-state index >= 15 is 0 Å². The van der Waals surface area contributed by atoms with Gasteiger partial charge in [-0.2, -0.15) is 0 Å². The van der Waals surface area contributed by atoms with E-state index in [4.69, 9.17) is 9.16 Å². The van der Waals surface area contributed by atoms with E-state index in [9.17, 15) is 5.11 Å². The molecule has 0 aromatic heterocycles. The third-order valence-electron chi connectivity index (χ3n) is 6.03. The van der Waals surface area contributed by atoms with E-state index < -0.39 is 13.9 Å². The Labute approximate surface area is 125 Å². The Morgan fingerprint density at radius 1 is 1.15 bits per heavy atom. The van der Waals surface area contributed by atoms with Crippen LogP contribution < -0.4 is 0 Å². The van der Waals surface area contributed by atoms with Crippen LogP contribution >= 0.6 is 0 Å². The van der Waals surface area contributed by atoms with Crippen molar-refractivity contribution >= 4 is 8.32 Å². The molecule has 2 rings (SSSR count). The maximum Gasteiger partial charge on any atom is 0.192 e. The van der Waals surface area contributed by atoms with Gasteiger partial charge < -0.3 is 14.3 Å². The highest BCUT2D eigenvalue weighted by Crippen LogP contribution is 2.59. The van der Waals surface area contributed by atoms with E-state index in [0.717, 1.165) is 6.42 Å². The highest BCUT2D eigenvalue weighted by Gasteiger charge is 2.70. The highest BCUT2D eigenvalue weighted by atomic mass is 28.4. The summed E-state index contributed by atoms with van der Waals surface area (Å²) in [6.45, 7) is 18.4. The normalized spacial score (nSPS) is 41.0. The number of rotatable bonds is 2. The van der Waals surface area contributed by atoms with Crippen LogP contribution in [0.1, 0.15) is 54.4 Å². The topological polar surface area (TPSA) is 42.0 Å². The summed E-state index contributed by atoms with van der Waals surface area (Å²) in [5.74, 6) is 0. The first-order valence-corrected chi connectivity index (χ1v) is 10.7. The first-order valence-electron chi connectivity index (χ1n) is 7.78. The van der Waals surface area contributed by atoms with E-state index in [2.05, 4.69) is 47.7 Å². The van der Waals surface area contributed by atoms with E-state index in [0.29, 0.717) is 13.0 Å². The maximum atomic E-state index is 10.9. The Morgan fingerprint density at radius 2 is 1.65 bits per heavy atom. The monoisotopic (exact) mass is 300 g/mol. The van der Waals surface area contributed by atoms with Gasteiger partial charge >= 0.3 is 0 Å². The Bertz CT molecular complexity index is 369. The van der Waals surface area contributed by atoms with Crippen LogP contribution in [-0.4, -0.2) is 37.3 Å². The van der Waals surface area contributed by atoms with Crippen LogP contribution in [0.25, 0.3) is 0 Å². The molecule has 3 nitrogen and oxygen atoms in total. The standard InChI is InChI=1S/C16H32O3Si/c1-13(2,3)20(7,8)19-12-9-14(4,5)16(11-18-16)15(6,17)10-12/h12,17H,9-11H2,1-8H3/t12-,15+,16+/m1/s1. The van der Waals surface area contributed by atoms with Gasteiger partial charge in [0.15, 0.2) is 8.32 Å². The molecule has 1 aliphatic heterocycles. The molecule has 118 valence electrons. The average molecular weight is 301 g/mol. The molecule has 1 saturated carbocycles. The van der Waals surface area contributed by atoms with Gasteiger partial charge in [-0.25, -0.2) is 0 Å². The molecule has 1 saturated heterocycles. The molecule has 0 radical (unpaired) electrons. The summed E-state index contributed by atoms with van der Waals surface area (Å²) in [5.41, 5.74) is -1.18. The largest absolute Gasteiger partial charge is 0.414 e. The van der Waals surface area contributed by atoms with Crippen molar-refractivity contribution in [3.63, 3.8) is 0 Å². The highest BCUT2D eigenvalue weighted by molar-refractivity contribution is 6.74. The summed E-state index contributed by atoms with van der Waals surface area (Å²) in [5, 5.41) is 11.1. The molecule has 0 aromatic carbocycles. The zero-order chi connectivity index (χ0) is 15.6. The SMILES string of the molecule is CC1(C)C[C@@H](O[Si](C)(C)C(C)(C)C)C[C@](C)(O)[C@]12CO2. The minimum absolute atomic E-state index is 0.0399. The molecule has 2 fully saturated rings. The minimum atomic E-state index is -1.80.